The van der Waals surface area contributed by atoms with Gasteiger partial charge in [-0.15, -0.1) is 11.3 Å². The maximum absolute atomic E-state index is 4.05. The van der Waals surface area contributed by atoms with Gasteiger partial charge in [-0.2, -0.15) is 0 Å². The fourth-order valence-electron chi connectivity index (χ4n) is 1.59. The Kier molecular flexibility index (Phi) is 4.36. The third-order valence-corrected chi connectivity index (χ3v) is 3.35. The van der Waals surface area contributed by atoms with Crippen LogP contribution in [0.5, 0.6) is 0 Å². The minimum Gasteiger partial charge on any atom is -0.306 e. The van der Waals surface area contributed by atoms with E-state index in [1.165, 1.54) is 16.0 Å². The lowest BCUT2D eigenvalue weighted by Gasteiger charge is -2.18. The summed E-state index contributed by atoms with van der Waals surface area (Å²) >= 11 is 1.83. The molecule has 0 saturated carbocycles. The highest BCUT2D eigenvalue weighted by molar-refractivity contribution is 7.10. The smallest absolute Gasteiger partial charge is 0.0627 e. The predicted molar refractivity (Wildman–Crippen MR) is 64.9 cm³/mol. The third kappa shape index (κ3) is 2.46. The standard InChI is InChI=1S/C12H19NS/c1-5-10-7-8-14-12(10)11(9(3)4)13-6-2/h7-8,11,13H,3,5-6H2,1-2,4H3. The molecule has 1 rings (SSSR count). The number of likely N-dealkylation sites (N-methyl/N-ethyl adjacent to an activating group) is 1. The maximum atomic E-state index is 4.05. The van der Waals surface area contributed by atoms with Crippen molar-refractivity contribution < 1.29 is 0 Å². The topological polar surface area (TPSA) is 12.0 Å². The third-order valence-electron chi connectivity index (χ3n) is 2.32. The van der Waals surface area contributed by atoms with Gasteiger partial charge in [-0.05, 0) is 36.9 Å². The summed E-state index contributed by atoms with van der Waals surface area (Å²) in [4.78, 5) is 1.43. The Morgan fingerprint density at radius 3 is 2.79 bits per heavy atom. The number of hydrogen-bond donors (Lipinski definition) is 1. The van der Waals surface area contributed by atoms with Crippen LogP contribution in [0.2, 0.25) is 0 Å². The van der Waals surface area contributed by atoms with E-state index in [1.807, 2.05) is 11.3 Å². The van der Waals surface area contributed by atoms with Crippen LogP contribution >= 0.6 is 11.3 Å². The van der Waals surface area contributed by atoms with Crippen molar-refractivity contribution in [3.63, 3.8) is 0 Å². The van der Waals surface area contributed by atoms with Gasteiger partial charge in [-0.1, -0.05) is 26.0 Å². The van der Waals surface area contributed by atoms with Crippen LogP contribution in [-0.4, -0.2) is 6.54 Å². The lowest BCUT2D eigenvalue weighted by Crippen LogP contribution is -2.21. The number of nitrogens with one attached hydrogen (secondary N) is 1. The molecule has 0 aliphatic heterocycles. The van der Waals surface area contributed by atoms with Crippen LogP contribution in [-0.2, 0) is 6.42 Å². The first kappa shape index (κ1) is 11.5. The summed E-state index contributed by atoms with van der Waals surface area (Å²) in [6, 6.07) is 2.56. The fraction of sp³-hybridized carbons (Fsp3) is 0.500. The van der Waals surface area contributed by atoms with Crippen molar-refractivity contribution in [2.75, 3.05) is 6.54 Å². The van der Waals surface area contributed by atoms with E-state index >= 15 is 0 Å². The normalized spacial score (nSPS) is 12.8. The van der Waals surface area contributed by atoms with Crippen LogP contribution in [0.25, 0.3) is 0 Å². The molecule has 78 valence electrons. The van der Waals surface area contributed by atoms with E-state index in [1.54, 1.807) is 0 Å². The highest BCUT2D eigenvalue weighted by atomic mass is 32.1. The van der Waals surface area contributed by atoms with Crippen LogP contribution in [0.4, 0.5) is 0 Å². The molecule has 1 aromatic rings. The molecule has 0 aliphatic rings. The van der Waals surface area contributed by atoms with Crippen LogP contribution in [0.3, 0.4) is 0 Å². The van der Waals surface area contributed by atoms with Crippen molar-refractivity contribution in [1.29, 1.82) is 0 Å². The van der Waals surface area contributed by atoms with Gasteiger partial charge < -0.3 is 5.32 Å². The molecule has 0 aliphatic carbocycles. The van der Waals surface area contributed by atoms with Gasteiger partial charge >= 0.3 is 0 Å². The zero-order valence-corrected chi connectivity index (χ0v) is 10.1. The van der Waals surface area contributed by atoms with Crippen molar-refractivity contribution in [2.24, 2.45) is 0 Å². The summed E-state index contributed by atoms with van der Waals surface area (Å²) in [5.41, 5.74) is 2.65. The molecule has 1 atom stereocenters. The van der Waals surface area contributed by atoms with Gasteiger partial charge in [0.1, 0.15) is 0 Å². The van der Waals surface area contributed by atoms with Crippen LogP contribution in [0, 0.1) is 0 Å². The minimum absolute atomic E-state index is 0.343. The summed E-state index contributed by atoms with van der Waals surface area (Å²) in [5, 5.41) is 5.64. The summed E-state index contributed by atoms with van der Waals surface area (Å²) in [6.07, 6.45) is 1.11. The Balaban J connectivity index is 2.92. The van der Waals surface area contributed by atoms with Crippen LogP contribution < -0.4 is 5.32 Å². The van der Waals surface area contributed by atoms with E-state index in [-0.39, 0.29) is 0 Å². The number of rotatable bonds is 5. The van der Waals surface area contributed by atoms with Gasteiger partial charge in [-0.3, -0.25) is 0 Å². The van der Waals surface area contributed by atoms with E-state index in [0.717, 1.165) is 13.0 Å². The van der Waals surface area contributed by atoms with Crippen molar-refractivity contribution in [3.8, 4) is 0 Å². The van der Waals surface area contributed by atoms with Crippen molar-refractivity contribution in [3.05, 3.63) is 34.0 Å². The van der Waals surface area contributed by atoms with Gasteiger partial charge in [0.15, 0.2) is 0 Å². The van der Waals surface area contributed by atoms with E-state index in [0.29, 0.717) is 6.04 Å². The Hall–Kier alpha value is -0.600. The molecule has 2 heteroatoms. The second kappa shape index (κ2) is 5.32. The molecule has 0 radical (unpaired) electrons. The maximum Gasteiger partial charge on any atom is 0.0627 e. The zero-order valence-electron chi connectivity index (χ0n) is 9.26. The molecular formula is C12H19NS. The fourth-order valence-corrected chi connectivity index (χ4v) is 2.75. The van der Waals surface area contributed by atoms with Crippen molar-refractivity contribution >= 4 is 11.3 Å². The molecule has 1 heterocycles. The first-order valence-electron chi connectivity index (χ1n) is 5.15. The first-order valence-corrected chi connectivity index (χ1v) is 6.03. The summed E-state index contributed by atoms with van der Waals surface area (Å²) in [7, 11) is 0. The van der Waals surface area contributed by atoms with E-state index < -0.39 is 0 Å². The Labute approximate surface area is 90.9 Å². The first-order chi connectivity index (χ1) is 6.70. The van der Waals surface area contributed by atoms with Crippen LogP contribution in [0.1, 0.15) is 37.3 Å². The Morgan fingerprint density at radius 1 is 1.57 bits per heavy atom. The molecule has 0 amide bonds. The second-order valence-corrected chi connectivity index (χ2v) is 4.45. The average Bonchev–Trinajstić information content (AvgIpc) is 2.61. The van der Waals surface area contributed by atoms with E-state index in [4.69, 9.17) is 0 Å². The minimum atomic E-state index is 0.343. The molecule has 0 saturated heterocycles. The number of hydrogen-bond acceptors (Lipinski definition) is 2. The monoisotopic (exact) mass is 209 g/mol. The zero-order chi connectivity index (χ0) is 10.6. The number of thiophene rings is 1. The molecule has 1 N–H and O–H groups in total. The Bertz CT molecular complexity index is 301. The molecule has 0 fully saturated rings. The lowest BCUT2D eigenvalue weighted by molar-refractivity contribution is 0.626. The van der Waals surface area contributed by atoms with Gasteiger partial charge in [-0.25, -0.2) is 0 Å². The number of aryl methyl sites for hydroxylation is 1. The molecular weight excluding hydrogens is 190 g/mol. The van der Waals surface area contributed by atoms with Gasteiger partial charge in [0, 0.05) is 4.88 Å². The average molecular weight is 209 g/mol. The quantitative estimate of drug-likeness (QED) is 0.731. The molecule has 1 unspecified atom stereocenters. The van der Waals surface area contributed by atoms with Gasteiger partial charge in [0.25, 0.3) is 0 Å². The SMILES string of the molecule is C=C(C)C(NCC)c1sccc1CC. The lowest BCUT2D eigenvalue weighted by atomic mass is 10.0. The summed E-state index contributed by atoms with van der Waals surface area (Å²) in [5.74, 6) is 0. The predicted octanol–water partition coefficient (Wildman–Crippen LogP) is 3.54. The van der Waals surface area contributed by atoms with Crippen molar-refractivity contribution in [1.82, 2.24) is 5.32 Å². The van der Waals surface area contributed by atoms with E-state index in [2.05, 4.69) is 44.1 Å². The van der Waals surface area contributed by atoms with E-state index in [9.17, 15) is 0 Å². The molecule has 0 spiro atoms. The highest BCUT2D eigenvalue weighted by Crippen LogP contribution is 2.29. The Morgan fingerprint density at radius 2 is 2.29 bits per heavy atom. The van der Waals surface area contributed by atoms with Crippen molar-refractivity contribution in [2.45, 2.75) is 33.2 Å². The highest BCUT2D eigenvalue weighted by Gasteiger charge is 2.15. The molecule has 14 heavy (non-hydrogen) atoms. The molecule has 1 aromatic heterocycles. The van der Waals surface area contributed by atoms with Crippen LogP contribution in [0.15, 0.2) is 23.6 Å². The molecule has 0 bridgehead atoms. The van der Waals surface area contributed by atoms with Gasteiger partial charge in [0.2, 0.25) is 0 Å². The summed E-state index contributed by atoms with van der Waals surface area (Å²) in [6.45, 7) is 11.5. The molecule has 0 aromatic carbocycles. The summed E-state index contributed by atoms with van der Waals surface area (Å²) < 4.78 is 0. The van der Waals surface area contributed by atoms with Gasteiger partial charge in [0.05, 0.1) is 6.04 Å². The molecule has 1 nitrogen and oxygen atoms in total. The second-order valence-electron chi connectivity index (χ2n) is 3.50. The largest absolute Gasteiger partial charge is 0.306 e.